The number of morpholine rings is 2. The number of nitrogens with zero attached hydrogens (tertiary/aromatic N) is 2. The van der Waals surface area contributed by atoms with E-state index < -0.39 is 0 Å². The largest absolute Gasteiger partial charge is 0.378 e. The molecule has 3 saturated heterocycles. The van der Waals surface area contributed by atoms with Crippen molar-refractivity contribution in [3.05, 3.63) is 29.8 Å². The number of ether oxygens (including phenoxy) is 2. The lowest BCUT2D eigenvalue weighted by Crippen LogP contribution is -2.50. The molecule has 0 unspecified atom stereocenters. The second kappa shape index (κ2) is 7.72. The van der Waals surface area contributed by atoms with Gasteiger partial charge in [-0.05, 0) is 43.7 Å². The molecule has 0 spiro atoms. The third-order valence-electron chi connectivity index (χ3n) is 5.46. The molecule has 136 valence electrons. The first-order chi connectivity index (χ1) is 12.3. The molecule has 6 heteroatoms. The topological polar surface area (TPSA) is 54.0 Å². The summed E-state index contributed by atoms with van der Waals surface area (Å²) in [5, 5.41) is 3.02. The summed E-state index contributed by atoms with van der Waals surface area (Å²) in [7, 11) is 0. The fraction of sp³-hybridized carbons (Fsp3) is 0.632. The second-order valence-corrected chi connectivity index (χ2v) is 7.10. The van der Waals surface area contributed by atoms with Crippen molar-refractivity contribution in [1.82, 2.24) is 10.2 Å². The van der Waals surface area contributed by atoms with Gasteiger partial charge in [-0.3, -0.25) is 9.69 Å². The molecule has 3 aliphatic rings. The Morgan fingerprint density at radius 3 is 2.76 bits per heavy atom. The number of hydrogen-bond donors (Lipinski definition) is 1. The highest BCUT2D eigenvalue weighted by molar-refractivity contribution is 5.94. The summed E-state index contributed by atoms with van der Waals surface area (Å²) < 4.78 is 11.3. The van der Waals surface area contributed by atoms with Crippen molar-refractivity contribution < 1.29 is 14.3 Å². The Kier molecular flexibility index (Phi) is 5.20. The van der Waals surface area contributed by atoms with Crippen molar-refractivity contribution in [1.29, 1.82) is 0 Å². The van der Waals surface area contributed by atoms with Gasteiger partial charge in [-0.1, -0.05) is 0 Å². The first-order valence-corrected chi connectivity index (χ1v) is 9.36. The van der Waals surface area contributed by atoms with E-state index >= 15 is 0 Å². The normalized spacial score (nSPS) is 27.1. The molecule has 3 fully saturated rings. The molecule has 0 bridgehead atoms. The van der Waals surface area contributed by atoms with Gasteiger partial charge in [-0.15, -0.1) is 0 Å². The monoisotopic (exact) mass is 345 g/mol. The zero-order valence-corrected chi connectivity index (χ0v) is 14.7. The van der Waals surface area contributed by atoms with E-state index in [9.17, 15) is 4.79 Å². The lowest BCUT2D eigenvalue weighted by Gasteiger charge is -2.35. The number of rotatable bonds is 4. The Hall–Kier alpha value is -1.63. The van der Waals surface area contributed by atoms with Crippen LogP contribution in [0.15, 0.2) is 24.3 Å². The molecule has 0 aromatic heterocycles. The van der Waals surface area contributed by atoms with Crippen LogP contribution in [0.1, 0.15) is 23.2 Å². The van der Waals surface area contributed by atoms with E-state index in [1.165, 1.54) is 19.4 Å². The number of anilines is 1. The summed E-state index contributed by atoms with van der Waals surface area (Å²) in [5.74, 6) is -0.0272. The molecule has 6 nitrogen and oxygen atoms in total. The molecule has 3 heterocycles. The first-order valence-electron chi connectivity index (χ1n) is 9.36. The number of hydrogen-bond acceptors (Lipinski definition) is 5. The number of nitrogens with one attached hydrogen (secondary N) is 1. The molecule has 1 amide bonds. The fourth-order valence-corrected chi connectivity index (χ4v) is 3.96. The molecule has 25 heavy (non-hydrogen) atoms. The average Bonchev–Trinajstić information content (AvgIpc) is 3.15. The van der Waals surface area contributed by atoms with Gasteiger partial charge in [0.15, 0.2) is 0 Å². The number of carbonyl (C=O) groups is 1. The molecule has 0 radical (unpaired) electrons. The second-order valence-electron chi connectivity index (χ2n) is 7.10. The fourth-order valence-electron chi connectivity index (χ4n) is 3.96. The molecule has 1 aromatic carbocycles. The molecular weight excluding hydrogens is 318 g/mol. The van der Waals surface area contributed by atoms with Gasteiger partial charge in [0, 0.05) is 43.5 Å². The van der Waals surface area contributed by atoms with E-state index in [0.29, 0.717) is 18.2 Å². The maximum Gasteiger partial charge on any atom is 0.251 e. The van der Waals surface area contributed by atoms with Crippen LogP contribution >= 0.6 is 0 Å². The number of amides is 1. The zero-order chi connectivity index (χ0) is 17.1. The summed E-state index contributed by atoms with van der Waals surface area (Å²) in [6, 6.07) is 8.44. The van der Waals surface area contributed by atoms with Crippen LogP contribution in [0.4, 0.5) is 5.69 Å². The van der Waals surface area contributed by atoms with Gasteiger partial charge in [0.05, 0.1) is 25.9 Å². The third kappa shape index (κ3) is 3.97. The first kappa shape index (κ1) is 16.8. The smallest absolute Gasteiger partial charge is 0.251 e. The van der Waals surface area contributed by atoms with Crippen molar-refractivity contribution in [2.45, 2.75) is 25.0 Å². The van der Waals surface area contributed by atoms with Gasteiger partial charge >= 0.3 is 0 Å². The van der Waals surface area contributed by atoms with Crippen LogP contribution < -0.4 is 10.2 Å². The molecule has 3 aliphatic heterocycles. The zero-order valence-electron chi connectivity index (χ0n) is 14.7. The minimum Gasteiger partial charge on any atom is -0.378 e. The Morgan fingerprint density at radius 2 is 1.96 bits per heavy atom. The van der Waals surface area contributed by atoms with Gasteiger partial charge < -0.3 is 19.7 Å². The Labute approximate surface area is 149 Å². The SMILES string of the molecule is O=C(NC[C@@H]1CN2CCC[C@@H]2CO1)c1ccc(N2CCOCC2)cc1. The van der Waals surface area contributed by atoms with Gasteiger partial charge in [-0.25, -0.2) is 0 Å². The summed E-state index contributed by atoms with van der Waals surface area (Å²) in [6.45, 7) is 6.82. The maximum absolute atomic E-state index is 12.4. The number of benzene rings is 1. The molecule has 0 aliphatic carbocycles. The summed E-state index contributed by atoms with van der Waals surface area (Å²) in [5.41, 5.74) is 1.85. The van der Waals surface area contributed by atoms with Crippen LogP contribution in [0.3, 0.4) is 0 Å². The van der Waals surface area contributed by atoms with E-state index in [2.05, 4.69) is 15.1 Å². The molecule has 1 aromatic rings. The quantitative estimate of drug-likeness (QED) is 0.886. The van der Waals surface area contributed by atoms with E-state index in [1.807, 2.05) is 24.3 Å². The van der Waals surface area contributed by atoms with Crippen LogP contribution in [0.5, 0.6) is 0 Å². The molecule has 4 rings (SSSR count). The van der Waals surface area contributed by atoms with Crippen molar-refractivity contribution in [2.24, 2.45) is 0 Å². The Morgan fingerprint density at radius 1 is 1.16 bits per heavy atom. The van der Waals surface area contributed by atoms with Gasteiger partial charge in [0.2, 0.25) is 0 Å². The standard InChI is InChI=1S/C19H27N3O3/c23-19(20-12-18-13-22-7-1-2-17(22)14-25-18)15-3-5-16(6-4-15)21-8-10-24-11-9-21/h3-6,17-18H,1-2,7-14H2,(H,20,23)/t17-,18-/m1/s1. The molecule has 0 saturated carbocycles. The van der Waals surface area contributed by atoms with Crippen LogP contribution in [-0.2, 0) is 9.47 Å². The molecule has 2 atom stereocenters. The maximum atomic E-state index is 12.4. The predicted octanol–water partition coefficient (Wildman–Crippen LogP) is 1.12. The third-order valence-corrected chi connectivity index (χ3v) is 5.46. The van der Waals surface area contributed by atoms with Crippen molar-refractivity contribution in [2.75, 3.05) is 57.4 Å². The summed E-state index contributed by atoms with van der Waals surface area (Å²) in [4.78, 5) is 17.2. The molecular formula is C19H27N3O3. The Bertz CT molecular complexity index is 586. The highest BCUT2D eigenvalue weighted by Gasteiger charge is 2.32. The van der Waals surface area contributed by atoms with Gasteiger partial charge in [0.1, 0.15) is 0 Å². The van der Waals surface area contributed by atoms with Crippen LogP contribution in [0.25, 0.3) is 0 Å². The Balaban J connectivity index is 1.27. The predicted molar refractivity (Wildman–Crippen MR) is 96.1 cm³/mol. The van der Waals surface area contributed by atoms with Crippen LogP contribution in [0.2, 0.25) is 0 Å². The van der Waals surface area contributed by atoms with Crippen molar-refractivity contribution in [3.8, 4) is 0 Å². The summed E-state index contributed by atoms with van der Waals surface area (Å²) in [6.07, 6.45) is 2.61. The minimum absolute atomic E-state index is 0.0272. The van der Waals surface area contributed by atoms with E-state index in [1.54, 1.807) is 0 Å². The van der Waals surface area contributed by atoms with Gasteiger partial charge in [0.25, 0.3) is 5.91 Å². The lowest BCUT2D eigenvalue weighted by atomic mass is 10.1. The van der Waals surface area contributed by atoms with E-state index in [0.717, 1.165) is 45.1 Å². The number of carbonyl (C=O) groups excluding carboxylic acids is 1. The average molecular weight is 345 g/mol. The minimum atomic E-state index is -0.0272. The number of fused-ring (bicyclic) bond motifs is 1. The van der Waals surface area contributed by atoms with Crippen LogP contribution in [0, 0.1) is 0 Å². The summed E-state index contributed by atoms with van der Waals surface area (Å²) >= 11 is 0. The molecule has 1 N–H and O–H groups in total. The van der Waals surface area contributed by atoms with Crippen molar-refractivity contribution >= 4 is 11.6 Å². The lowest BCUT2D eigenvalue weighted by molar-refractivity contribution is -0.0461. The highest BCUT2D eigenvalue weighted by Crippen LogP contribution is 2.22. The van der Waals surface area contributed by atoms with E-state index in [-0.39, 0.29) is 12.0 Å². The van der Waals surface area contributed by atoms with Crippen molar-refractivity contribution in [3.63, 3.8) is 0 Å². The highest BCUT2D eigenvalue weighted by atomic mass is 16.5. The van der Waals surface area contributed by atoms with Gasteiger partial charge in [-0.2, -0.15) is 0 Å². The van der Waals surface area contributed by atoms with Crippen LogP contribution in [-0.4, -0.2) is 75.5 Å². The van der Waals surface area contributed by atoms with E-state index in [4.69, 9.17) is 9.47 Å².